The SMILES string of the molecule is Cc1nc2ccccc2n1-c1cccc(-c2cccc(-c3ccc(C4=NC(c5cccc6ccccc56)=NC(c5ccccc5)N4)cc3)c2)c1. The zero-order valence-electron chi connectivity index (χ0n) is 27.5. The fourth-order valence-corrected chi connectivity index (χ4v) is 6.94. The van der Waals surface area contributed by atoms with E-state index in [1.165, 1.54) is 5.39 Å². The van der Waals surface area contributed by atoms with Crippen molar-refractivity contribution in [2.75, 3.05) is 0 Å². The number of hydrogen-bond acceptors (Lipinski definition) is 4. The average molecular weight is 644 g/mol. The molecule has 2 heterocycles. The number of benzene rings is 7. The van der Waals surface area contributed by atoms with Crippen molar-refractivity contribution in [1.82, 2.24) is 14.9 Å². The molecule has 1 aliphatic heterocycles. The lowest BCUT2D eigenvalue weighted by Gasteiger charge is -2.24. The number of amidine groups is 2. The summed E-state index contributed by atoms with van der Waals surface area (Å²) in [5.41, 5.74) is 11.0. The summed E-state index contributed by atoms with van der Waals surface area (Å²) in [6.45, 7) is 2.06. The minimum absolute atomic E-state index is 0.256. The predicted octanol–water partition coefficient (Wildman–Crippen LogP) is 10.3. The number of nitrogens with one attached hydrogen (secondary N) is 1. The Morgan fingerprint density at radius 1 is 0.560 bits per heavy atom. The molecule has 7 aromatic carbocycles. The van der Waals surface area contributed by atoms with E-state index in [1.54, 1.807) is 0 Å². The van der Waals surface area contributed by atoms with Gasteiger partial charge >= 0.3 is 0 Å². The van der Waals surface area contributed by atoms with Crippen LogP contribution >= 0.6 is 0 Å². The van der Waals surface area contributed by atoms with Crippen LogP contribution in [0.25, 0.3) is 49.7 Å². The van der Waals surface area contributed by atoms with E-state index in [4.69, 9.17) is 15.0 Å². The summed E-state index contributed by atoms with van der Waals surface area (Å²) in [7, 11) is 0. The molecule has 0 bridgehead atoms. The summed E-state index contributed by atoms with van der Waals surface area (Å²) in [6, 6.07) is 59.4. The number of aliphatic imine (C=N–C) groups is 2. The first-order valence-corrected chi connectivity index (χ1v) is 16.9. The molecule has 50 heavy (non-hydrogen) atoms. The van der Waals surface area contributed by atoms with E-state index in [0.717, 1.165) is 78.5 Å². The first kappa shape index (κ1) is 29.5. The molecule has 0 aliphatic carbocycles. The second-order valence-corrected chi connectivity index (χ2v) is 12.6. The molecule has 1 aliphatic rings. The van der Waals surface area contributed by atoms with Gasteiger partial charge in [-0.25, -0.2) is 15.0 Å². The molecule has 238 valence electrons. The van der Waals surface area contributed by atoms with Crippen molar-refractivity contribution in [3.63, 3.8) is 0 Å². The van der Waals surface area contributed by atoms with E-state index in [9.17, 15) is 0 Å². The number of hydrogen-bond donors (Lipinski definition) is 1. The van der Waals surface area contributed by atoms with Gasteiger partial charge in [-0.05, 0) is 75.8 Å². The van der Waals surface area contributed by atoms with Gasteiger partial charge in [-0.3, -0.25) is 4.57 Å². The van der Waals surface area contributed by atoms with Crippen molar-refractivity contribution in [2.45, 2.75) is 13.1 Å². The minimum Gasteiger partial charge on any atom is -0.344 e. The third-order valence-corrected chi connectivity index (χ3v) is 9.41. The highest BCUT2D eigenvalue weighted by molar-refractivity contribution is 6.17. The first-order valence-electron chi connectivity index (χ1n) is 16.9. The number of aryl methyl sites for hydroxylation is 1. The fourth-order valence-electron chi connectivity index (χ4n) is 6.94. The molecule has 0 saturated carbocycles. The van der Waals surface area contributed by atoms with E-state index in [2.05, 4.69) is 175 Å². The summed E-state index contributed by atoms with van der Waals surface area (Å²) in [5.74, 6) is 2.50. The highest BCUT2D eigenvalue weighted by Gasteiger charge is 2.22. The highest BCUT2D eigenvalue weighted by Crippen LogP contribution is 2.31. The Morgan fingerprint density at radius 2 is 1.22 bits per heavy atom. The third-order valence-electron chi connectivity index (χ3n) is 9.41. The lowest BCUT2D eigenvalue weighted by atomic mass is 9.98. The molecule has 5 heteroatoms. The number of para-hydroxylation sites is 2. The Bertz CT molecular complexity index is 2570. The van der Waals surface area contributed by atoms with E-state index in [-0.39, 0.29) is 6.17 Å². The van der Waals surface area contributed by atoms with Crippen LogP contribution in [0.4, 0.5) is 0 Å². The molecule has 5 nitrogen and oxygen atoms in total. The van der Waals surface area contributed by atoms with Gasteiger partial charge in [0.25, 0.3) is 0 Å². The van der Waals surface area contributed by atoms with Crippen molar-refractivity contribution >= 4 is 33.5 Å². The monoisotopic (exact) mass is 643 g/mol. The zero-order chi connectivity index (χ0) is 33.4. The largest absolute Gasteiger partial charge is 0.344 e. The number of fused-ring (bicyclic) bond motifs is 2. The Morgan fingerprint density at radius 3 is 2.08 bits per heavy atom. The topological polar surface area (TPSA) is 54.6 Å². The zero-order valence-corrected chi connectivity index (χ0v) is 27.5. The lowest BCUT2D eigenvalue weighted by molar-refractivity contribution is 0.674. The molecule has 0 amide bonds. The lowest BCUT2D eigenvalue weighted by Crippen LogP contribution is -2.33. The van der Waals surface area contributed by atoms with Gasteiger partial charge in [0.15, 0.2) is 5.84 Å². The van der Waals surface area contributed by atoms with Gasteiger partial charge in [0.05, 0.1) is 11.0 Å². The van der Waals surface area contributed by atoms with Crippen molar-refractivity contribution in [1.29, 1.82) is 0 Å². The van der Waals surface area contributed by atoms with Gasteiger partial charge < -0.3 is 5.32 Å². The summed E-state index contributed by atoms with van der Waals surface area (Å²) in [5, 5.41) is 5.92. The maximum atomic E-state index is 5.11. The third kappa shape index (κ3) is 5.45. The molecule has 1 unspecified atom stereocenters. The van der Waals surface area contributed by atoms with E-state index >= 15 is 0 Å². The van der Waals surface area contributed by atoms with Crippen LogP contribution in [0, 0.1) is 6.92 Å². The Balaban J connectivity index is 1.04. The van der Waals surface area contributed by atoms with Crippen molar-refractivity contribution in [2.24, 2.45) is 9.98 Å². The molecular weight excluding hydrogens is 611 g/mol. The van der Waals surface area contributed by atoms with Crippen molar-refractivity contribution in [3.05, 3.63) is 192 Å². The molecule has 9 rings (SSSR count). The van der Waals surface area contributed by atoms with E-state index in [1.807, 2.05) is 12.1 Å². The van der Waals surface area contributed by atoms with E-state index in [0.29, 0.717) is 0 Å². The normalized spacial score (nSPS) is 14.3. The average Bonchev–Trinajstić information content (AvgIpc) is 3.53. The molecule has 0 saturated heterocycles. The van der Waals surface area contributed by atoms with Crippen LogP contribution in [0.3, 0.4) is 0 Å². The Hall–Kier alpha value is -6.59. The van der Waals surface area contributed by atoms with Crippen LogP contribution in [0.2, 0.25) is 0 Å². The smallest absolute Gasteiger partial charge is 0.160 e. The number of imidazole rings is 1. The van der Waals surface area contributed by atoms with Gasteiger partial charge in [0.2, 0.25) is 0 Å². The van der Waals surface area contributed by atoms with Crippen molar-refractivity contribution < 1.29 is 0 Å². The molecule has 0 spiro atoms. The van der Waals surface area contributed by atoms with Gasteiger partial charge in [0.1, 0.15) is 17.8 Å². The summed E-state index contributed by atoms with van der Waals surface area (Å²) in [4.78, 5) is 15.0. The summed E-state index contributed by atoms with van der Waals surface area (Å²) in [6.07, 6.45) is -0.256. The van der Waals surface area contributed by atoms with Gasteiger partial charge in [0, 0.05) is 16.8 Å². The molecular formula is C45H33N5. The van der Waals surface area contributed by atoms with Gasteiger partial charge in [-0.2, -0.15) is 0 Å². The molecule has 0 fully saturated rings. The van der Waals surface area contributed by atoms with Crippen molar-refractivity contribution in [3.8, 4) is 27.9 Å². The van der Waals surface area contributed by atoms with Crippen LogP contribution in [-0.4, -0.2) is 21.2 Å². The molecule has 0 radical (unpaired) electrons. The van der Waals surface area contributed by atoms with Crippen LogP contribution < -0.4 is 5.32 Å². The number of aromatic nitrogens is 2. The highest BCUT2D eigenvalue weighted by atomic mass is 15.2. The number of rotatable bonds is 6. The Labute approximate surface area is 291 Å². The minimum atomic E-state index is -0.256. The standard InChI is InChI=1S/C45H33N5/c1-30-46-41-22-7-8-23-42(41)50(30)38-19-10-18-37(29-38)36-17-9-16-35(28-36)31-24-26-34(27-25-31)44-47-43(33-13-3-2-4-14-33)48-45(49-44)40-21-11-15-32-12-5-6-20-39(32)40/h2-29,43H,1H3,(H,47,48,49). The quantitative estimate of drug-likeness (QED) is 0.196. The first-order chi connectivity index (χ1) is 24.7. The fraction of sp³-hybridized carbons (Fsp3) is 0.0444. The van der Waals surface area contributed by atoms with Crippen LogP contribution in [0.1, 0.15) is 28.7 Å². The Kier molecular flexibility index (Phi) is 7.36. The second-order valence-electron chi connectivity index (χ2n) is 12.6. The molecule has 1 atom stereocenters. The molecule has 1 N–H and O–H groups in total. The van der Waals surface area contributed by atoms with Crippen LogP contribution in [-0.2, 0) is 0 Å². The second kappa shape index (κ2) is 12.5. The summed E-state index contributed by atoms with van der Waals surface area (Å²) >= 11 is 0. The molecule has 1 aromatic heterocycles. The van der Waals surface area contributed by atoms with Gasteiger partial charge in [-0.15, -0.1) is 0 Å². The van der Waals surface area contributed by atoms with Crippen LogP contribution in [0.5, 0.6) is 0 Å². The van der Waals surface area contributed by atoms with E-state index < -0.39 is 0 Å². The molecule has 8 aromatic rings. The maximum Gasteiger partial charge on any atom is 0.160 e. The number of nitrogens with zero attached hydrogens (tertiary/aromatic N) is 4. The maximum absolute atomic E-state index is 5.11. The van der Waals surface area contributed by atoms with Gasteiger partial charge in [-0.1, -0.05) is 140 Å². The van der Waals surface area contributed by atoms with Crippen LogP contribution in [0.15, 0.2) is 180 Å². The summed E-state index contributed by atoms with van der Waals surface area (Å²) < 4.78 is 2.22. The predicted molar refractivity (Wildman–Crippen MR) is 206 cm³/mol.